The van der Waals surface area contributed by atoms with Crippen LogP contribution in [0.3, 0.4) is 0 Å². The van der Waals surface area contributed by atoms with E-state index in [4.69, 9.17) is 6.58 Å². The Morgan fingerprint density at radius 2 is 1.69 bits per heavy atom. The van der Waals surface area contributed by atoms with Crippen molar-refractivity contribution in [2.45, 2.75) is 6.92 Å². The van der Waals surface area contributed by atoms with Crippen LogP contribution in [0, 0.1) is 6.58 Å². The van der Waals surface area contributed by atoms with Crippen LogP contribution >= 0.6 is 0 Å². The minimum atomic E-state index is 0.872. The van der Waals surface area contributed by atoms with E-state index in [-0.39, 0.29) is 0 Å². The third-order valence-corrected chi connectivity index (χ3v) is 2.21. The van der Waals surface area contributed by atoms with Crippen molar-refractivity contribution >= 4 is 16.3 Å². The van der Waals surface area contributed by atoms with Crippen LogP contribution in [-0.2, 0) is 0 Å². The molecule has 0 saturated heterocycles. The molecule has 0 amide bonds. The van der Waals surface area contributed by atoms with Crippen molar-refractivity contribution in [3.63, 3.8) is 0 Å². The summed E-state index contributed by atoms with van der Waals surface area (Å²) in [6.07, 6.45) is 0. The van der Waals surface area contributed by atoms with Crippen molar-refractivity contribution in [1.82, 2.24) is 0 Å². The van der Waals surface area contributed by atoms with Crippen LogP contribution in [-0.4, -0.2) is 0 Å². The molecule has 0 saturated carbocycles. The summed E-state index contributed by atoms with van der Waals surface area (Å²) < 4.78 is 0. The Morgan fingerprint density at radius 3 is 2.46 bits per heavy atom. The van der Waals surface area contributed by atoms with Crippen LogP contribution in [0.1, 0.15) is 12.5 Å². The van der Waals surface area contributed by atoms with Gasteiger partial charge in [0.05, 0.1) is 0 Å². The summed E-state index contributed by atoms with van der Waals surface area (Å²) in [5.41, 5.74) is 2.01. The number of allylic oxidation sites excluding steroid dienone is 1. The molecule has 0 heterocycles. The van der Waals surface area contributed by atoms with Gasteiger partial charge in [-0.2, -0.15) is 0 Å². The fourth-order valence-corrected chi connectivity index (χ4v) is 1.57. The van der Waals surface area contributed by atoms with Gasteiger partial charge in [-0.15, -0.1) is 0 Å². The fourth-order valence-electron chi connectivity index (χ4n) is 1.57. The van der Waals surface area contributed by atoms with E-state index < -0.39 is 0 Å². The Balaban J connectivity index is 2.83. The molecule has 2 rings (SSSR count). The van der Waals surface area contributed by atoms with Crippen molar-refractivity contribution in [2.75, 3.05) is 0 Å². The number of fused-ring (bicyclic) bond motifs is 1. The van der Waals surface area contributed by atoms with Crippen LogP contribution in [0.15, 0.2) is 42.5 Å². The molecule has 0 aliphatic heterocycles. The second-order valence-corrected chi connectivity index (χ2v) is 3.21. The first kappa shape index (κ1) is 8.06. The van der Waals surface area contributed by atoms with E-state index in [1.54, 1.807) is 0 Å². The van der Waals surface area contributed by atoms with Gasteiger partial charge in [0, 0.05) is 0 Å². The summed E-state index contributed by atoms with van der Waals surface area (Å²) in [6, 6.07) is 14.5. The molecule has 0 N–H and O–H groups in total. The fraction of sp³-hybridized carbons (Fsp3) is 0.0769. The Morgan fingerprint density at radius 1 is 1.00 bits per heavy atom. The smallest absolute Gasteiger partial charge is 0.0109 e. The lowest BCUT2D eigenvalue weighted by Gasteiger charge is -2.04. The molecular formula is C13H11. The molecule has 0 unspecified atom stereocenters. The average molecular weight is 167 g/mol. The maximum atomic E-state index is 5.80. The summed E-state index contributed by atoms with van der Waals surface area (Å²) in [5.74, 6) is 0. The first-order valence-electron chi connectivity index (χ1n) is 4.36. The number of rotatable bonds is 1. The van der Waals surface area contributed by atoms with Crippen molar-refractivity contribution in [3.05, 3.63) is 54.6 Å². The first-order valence-corrected chi connectivity index (χ1v) is 4.36. The SMILES string of the molecule is [CH]=C(C)c1cccc2ccccc12. The molecule has 1 radical (unpaired) electrons. The Kier molecular flexibility index (Phi) is 1.90. The second kappa shape index (κ2) is 3.06. The quantitative estimate of drug-likeness (QED) is 0.607. The topological polar surface area (TPSA) is 0 Å². The highest BCUT2D eigenvalue weighted by Crippen LogP contribution is 2.23. The van der Waals surface area contributed by atoms with Crippen LogP contribution in [0.25, 0.3) is 16.3 Å². The maximum absolute atomic E-state index is 5.80. The molecule has 0 heteroatoms. The van der Waals surface area contributed by atoms with Gasteiger partial charge < -0.3 is 0 Å². The lowest BCUT2D eigenvalue weighted by molar-refractivity contribution is 1.63. The lowest BCUT2D eigenvalue weighted by Crippen LogP contribution is -1.80. The van der Waals surface area contributed by atoms with E-state index in [1.807, 2.05) is 25.1 Å². The van der Waals surface area contributed by atoms with E-state index in [0.29, 0.717) is 0 Å². The highest BCUT2D eigenvalue weighted by molar-refractivity contribution is 5.92. The van der Waals surface area contributed by atoms with E-state index in [1.165, 1.54) is 10.8 Å². The van der Waals surface area contributed by atoms with E-state index >= 15 is 0 Å². The van der Waals surface area contributed by atoms with Crippen molar-refractivity contribution in [3.8, 4) is 0 Å². The van der Waals surface area contributed by atoms with E-state index in [0.717, 1.165) is 11.1 Å². The van der Waals surface area contributed by atoms with Gasteiger partial charge in [0.1, 0.15) is 0 Å². The summed E-state index contributed by atoms with van der Waals surface area (Å²) in [6.45, 7) is 7.73. The van der Waals surface area contributed by atoms with Crippen LogP contribution in [0.4, 0.5) is 0 Å². The maximum Gasteiger partial charge on any atom is -0.0109 e. The zero-order chi connectivity index (χ0) is 9.26. The zero-order valence-corrected chi connectivity index (χ0v) is 7.62. The molecule has 0 fully saturated rings. The average Bonchev–Trinajstić information content (AvgIpc) is 2.17. The molecule has 63 valence electrons. The molecule has 0 aromatic heterocycles. The number of hydrogen-bond acceptors (Lipinski definition) is 0. The third-order valence-electron chi connectivity index (χ3n) is 2.21. The zero-order valence-electron chi connectivity index (χ0n) is 7.62. The van der Waals surface area contributed by atoms with Crippen LogP contribution in [0.5, 0.6) is 0 Å². The van der Waals surface area contributed by atoms with Gasteiger partial charge in [-0.1, -0.05) is 49.0 Å². The van der Waals surface area contributed by atoms with Gasteiger partial charge in [0.15, 0.2) is 0 Å². The van der Waals surface area contributed by atoms with Gasteiger partial charge >= 0.3 is 0 Å². The molecule has 0 spiro atoms. The summed E-state index contributed by atoms with van der Waals surface area (Å²) >= 11 is 0. The highest BCUT2D eigenvalue weighted by Gasteiger charge is 1.98. The Bertz CT molecular complexity index is 447. The van der Waals surface area contributed by atoms with Gasteiger partial charge in [0.25, 0.3) is 0 Å². The molecule has 0 nitrogen and oxygen atoms in total. The molecule has 0 aliphatic carbocycles. The predicted molar refractivity (Wildman–Crippen MR) is 57.3 cm³/mol. The van der Waals surface area contributed by atoms with Crippen LogP contribution < -0.4 is 0 Å². The molecular weight excluding hydrogens is 156 g/mol. The second-order valence-electron chi connectivity index (χ2n) is 3.21. The first-order chi connectivity index (χ1) is 6.29. The van der Waals surface area contributed by atoms with Crippen molar-refractivity contribution in [2.24, 2.45) is 0 Å². The molecule has 0 atom stereocenters. The van der Waals surface area contributed by atoms with Gasteiger partial charge in [-0.05, 0) is 28.8 Å². The van der Waals surface area contributed by atoms with Crippen LogP contribution in [0.2, 0.25) is 0 Å². The van der Waals surface area contributed by atoms with Gasteiger partial charge in [0.2, 0.25) is 0 Å². The van der Waals surface area contributed by atoms with Gasteiger partial charge in [-0.3, -0.25) is 0 Å². The Hall–Kier alpha value is -1.56. The van der Waals surface area contributed by atoms with E-state index in [2.05, 4.69) is 24.3 Å². The minimum absolute atomic E-state index is 0.872. The molecule has 13 heavy (non-hydrogen) atoms. The standard InChI is InChI=1S/C13H11/c1-10(2)12-9-5-7-11-6-3-4-8-13(11)12/h1,3-9H,2H3. The summed E-state index contributed by atoms with van der Waals surface area (Å²) in [5, 5.41) is 2.47. The minimum Gasteiger partial charge on any atom is -0.0616 e. The molecule has 0 aliphatic rings. The predicted octanol–water partition coefficient (Wildman–Crippen LogP) is 3.68. The van der Waals surface area contributed by atoms with Gasteiger partial charge in [-0.25, -0.2) is 0 Å². The molecule has 0 bridgehead atoms. The highest BCUT2D eigenvalue weighted by atomic mass is 14.0. The van der Waals surface area contributed by atoms with Crippen molar-refractivity contribution in [1.29, 1.82) is 0 Å². The lowest BCUT2D eigenvalue weighted by atomic mass is 10.0. The molecule has 2 aromatic rings. The van der Waals surface area contributed by atoms with Crippen molar-refractivity contribution < 1.29 is 0 Å². The van der Waals surface area contributed by atoms with E-state index in [9.17, 15) is 0 Å². The largest absolute Gasteiger partial charge is 0.0616 e. The monoisotopic (exact) mass is 167 g/mol. The molecule has 2 aromatic carbocycles. The normalized spacial score (nSPS) is 10.2. The number of benzene rings is 2. The summed E-state index contributed by atoms with van der Waals surface area (Å²) in [4.78, 5) is 0. The third kappa shape index (κ3) is 1.35. The summed E-state index contributed by atoms with van der Waals surface area (Å²) in [7, 11) is 0. The number of hydrogen-bond donors (Lipinski definition) is 0. The Labute approximate surface area is 78.5 Å².